The standard InChI is InChI=1S/C11H11N3O/c15-9-4-1-3-8(7-9)11-13-12-10-5-2-6-14(10)11/h1,3-4,7,15H,2,5-6H2. The van der Waals surface area contributed by atoms with Crippen molar-refractivity contribution in [2.75, 3.05) is 0 Å². The molecule has 15 heavy (non-hydrogen) atoms. The van der Waals surface area contributed by atoms with E-state index in [1.165, 1.54) is 0 Å². The number of nitrogens with zero attached hydrogens (tertiary/aromatic N) is 3. The molecule has 0 saturated carbocycles. The molecule has 4 nitrogen and oxygen atoms in total. The number of rotatable bonds is 1. The van der Waals surface area contributed by atoms with Crippen LogP contribution in [-0.2, 0) is 13.0 Å². The highest BCUT2D eigenvalue weighted by molar-refractivity contribution is 5.57. The van der Waals surface area contributed by atoms with E-state index in [0.717, 1.165) is 36.6 Å². The van der Waals surface area contributed by atoms with E-state index in [1.54, 1.807) is 12.1 Å². The zero-order valence-corrected chi connectivity index (χ0v) is 8.22. The van der Waals surface area contributed by atoms with Gasteiger partial charge >= 0.3 is 0 Å². The summed E-state index contributed by atoms with van der Waals surface area (Å²) in [7, 11) is 0. The molecule has 1 N–H and O–H groups in total. The smallest absolute Gasteiger partial charge is 0.164 e. The zero-order chi connectivity index (χ0) is 10.3. The molecule has 1 aliphatic heterocycles. The van der Waals surface area contributed by atoms with Crippen molar-refractivity contribution in [3.05, 3.63) is 30.1 Å². The summed E-state index contributed by atoms with van der Waals surface area (Å²) in [6.45, 7) is 0.979. The molecule has 0 radical (unpaired) electrons. The summed E-state index contributed by atoms with van der Waals surface area (Å²) in [5.74, 6) is 2.18. The average molecular weight is 201 g/mol. The maximum atomic E-state index is 9.40. The number of hydrogen-bond acceptors (Lipinski definition) is 3. The fourth-order valence-corrected chi connectivity index (χ4v) is 2.01. The molecule has 0 amide bonds. The predicted molar refractivity (Wildman–Crippen MR) is 55.4 cm³/mol. The molecule has 2 aromatic rings. The van der Waals surface area contributed by atoms with Crippen LogP contribution in [0.3, 0.4) is 0 Å². The highest BCUT2D eigenvalue weighted by Gasteiger charge is 2.18. The van der Waals surface area contributed by atoms with Crippen LogP contribution in [0.25, 0.3) is 11.4 Å². The van der Waals surface area contributed by atoms with E-state index in [0.29, 0.717) is 0 Å². The third-order valence-electron chi connectivity index (χ3n) is 2.71. The molecule has 0 saturated heterocycles. The summed E-state index contributed by atoms with van der Waals surface area (Å²) in [5.41, 5.74) is 0.927. The number of aryl methyl sites for hydroxylation is 1. The van der Waals surface area contributed by atoms with Crippen molar-refractivity contribution < 1.29 is 5.11 Å². The topological polar surface area (TPSA) is 50.9 Å². The van der Waals surface area contributed by atoms with Gasteiger partial charge in [-0.25, -0.2) is 0 Å². The van der Waals surface area contributed by atoms with Crippen molar-refractivity contribution >= 4 is 0 Å². The van der Waals surface area contributed by atoms with Crippen LogP contribution in [0.2, 0.25) is 0 Å². The fourth-order valence-electron chi connectivity index (χ4n) is 2.01. The van der Waals surface area contributed by atoms with Crippen molar-refractivity contribution in [1.82, 2.24) is 14.8 Å². The van der Waals surface area contributed by atoms with Gasteiger partial charge in [0.25, 0.3) is 0 Å². The first-order valence-electron chi connectivity index (χ1n) is 5.06. The number of fused-ring (bicyclic) bond motifs is 1. The molecule has 2 heterocycles. The number of phenols is 1. The molecule has 0 fully saturated rings. The largest absolute Gasteiger partial charge is 0.508 e. The lowest BCUT2D eigenvalue weighted by Gasteiger charge is -2.02. The number of aromatic hydroxyl groups is 1. The molecular weight excluding hydrogens is 190 g/mol. The first-order valence-corrected chi connectivity index (χ1v) is 5.06. The third-order valence-corrected chi connectivity index (χ3v) is 2.71. The SMILES string of the molecule is Oc1cccc(-c2nnc3n2CCC3)c1. The van der Waals surface area contributed by atoms with Gasteiger partial charge in [-0.15, -0.1) is 10.2 Å². The Balaban J connectivity index is 2.13. The number of aromatic nitrogens is 3. The van der Waals surface area contributed by atoms with Gasteiger partial charge < -0.3 is 9.67 Å². The van der Waals surface area contributed by atoms with Crippen LogP contribution in [0, 0.1) is 0 Å². The summed E-state index contributed by atoms with van der Waals surface area (Å²) in [5, 5.41) is 17.7. The Kier molecular flexibility index (Phi) is 1.74. The molecule has 0 spiro atoms. The van der Waals surface area contributed by atoms with E-state index in [9.17, 15) is 5.11 Å². The average Bonchev–Trinajstić information content (AvgIpc) is 2.77. The maximum Gasteiger partial charge on any atom is 0.164 e. The van der Waals surface area contributed by atoms with Gasteiger partial charge in [0.15, 0.2) is 5.82 Å². The van der Waals surface area contributed by atoms with E-state index in [2.05, 4.69) is 14.8 Å². The number of hydrogen-bond donors (Lipinski definition) is 1. The number of benzene rings is 1. The zero-order valence-electron chi connectivity index (χ0n) is 8.22. The second-order valence-electron chi connectivity index (χ2n) is 3.75. The molecule has 1 aliphatic rings. The van der Waals surface area contributed by atoms with E-state index in [-0.39, 0.29) is 5.75 Å². The van der Waals surface area contributed by atoms with Gasteiger partial charge in [0.2, 0.25) is 0 Å². The minimum absolute atomic E-state index is 0.267. The van der Waals surface area contributed by atoms with Gasteiger partial charge in [-0.3, -0.25) is 0 Å². The quantitative estimate of drug-likeness (QED) is 0.762. The molecule has 0 atom stereocenters. The minimum Gasteiger partial charge on any atom is -0.508 e. The van der Waals surface area contributed by atoms with Crippen LogP contribution in [0.5, 0.6) is 5.75 Å². The molecule has 0 bridgehead atoms. The summed E-state index contributed by atoms with van der Waals surface area (Å²) in [6, 6.07) is 7.14. The van der Waals surface area contributed by atoms with Crippen molar-refractivity contribution in [1.29, 1.82) is 0 Å². The van der Waals surface area contributed by atoms with Crippen LogP contribution in [-0.4, -0.2) is 19.9 Å². The van der Waals surface area contributed by atoms with Crippen molar-refractivity contribution in [3.63, 3.8) is 0 Å². The monoisotopic (exact) mass is 201 g/mol. The Bertz CT molecular complexity index is 504. The van der Waals surface area contributed by atoms with Crippen molar-refractivity contribution in [2.24, 2.45) is 0 Å². The minimum atomic E-state index is 0.267. The Labute approximate surface area is 87.2 Å². The van der Waals surface area contributed by atoms with Crippen LogP contribution in [0.1, 0.15) is 12.2 Å². The third kappa shape index (κ3) is 1.29. The Morgan fingerprint density at radius 3 is 3.07 bits per heavy atom. The Hall–Kier alpha value is -1.84. The summed E-state index contributed by atoms with van der Waals surface area (Å²) in [4.78, 5) is 0. The maximum absolute atomic E-state index is 9.40. The highest BCUT2D eigenvalue weighted by Crippen LogP contribution is 2.25. The summed E-state index contributed by atoms with van der Waals surface area (Å²) >= 11 is 0. The van der Waals surface area contributed by atoms with Gasteiger partial charge in [0, 0.05) is 18.5 Å². The van der Waals surface area contributed by atoms with Gasteiger partial charge in [-0.05, 0) is 18.6 Å². The van der Waals surface area contributed by atoms with Gasteiger partial charge in [0.1, 0.15) is 11.6 Å². The van der Waals surface area contributed by atoms with Gasteiger partial charge in [-0.1, -0.05) is 12.1 Å². The van der Waals surface area contributed by atoms with Crippen LogP contribution < -0.4 is 0 Å². The molecule has 1 aromatic carbocycles. The Morgan fingerprint density at radius 2 is 2.20 bits per heavy atom. The lowest BCUT2D eigenvalue weighted by Crippen LogP contribution is -1.95. The van der Waals surface area contributed by atoms with E-state index in [4.69, 9.17) is 0 Å². The second kappa shape index (κ2) is 3.08. The van der Waals surface area contributed by atoms with Crippen LogP contribution in [0.15, 0.2) is 24.3 Å². The van der Waals surface area contributed by atoms with Gasteiger partial charge in [0.05, 0.1) is 0 Å². The molecule has 1 aromatic heterocycles. The fraction of sp³-hybridized carbons (Fsp3) is 0.273. The molecule has 0 aliphatic carbocycles. The first-order chi connectivity index (χ1) is 7.34. The van der Waals surface area contributed by atoms with Crippen molar-refractivity contribution in [3.8, 4) is 17.1 Å². The summed E-state index contributed by atoms with van der Waals surface area (Å²) in [6.07, 6.45) is 2.14. The van der Waals surface area contributed by atoms with Crippen LogP contribution >= 0.6 is 0 Å². The normalized spacial score (nSPS) is 14.1. The second-order valence-corrected chi connectivity index (χ2v) is 3.75. The lowest BCUT2D eigenvalue weighted by atomic mass is 10.2. The first kappa shape index (κ1) is 8.47. The van der Waals surface area contributed by atoms with Crippen molar-refractivity contribution in [2.45, 2.75) is 19.4 Å². The Morgan fingerprint density at radius 1 is 1.27 bits per heavy atom. The molecular formula is C11H11N3O. The molecule has 4 heteroatoms. The lowest BCUT2D eigenvalue weighted by molar-refractivity contribution is 0.475. The van der Waals surface area contributed by atoms with E-state index >= 15 is 0 Å². The predicted octanol–water partition coefficient (Wildman–Crippen LogP) is 1.60. The molecule has 3 rings (SSSR count). The van der Waals surface area contributed by atoms with Crippen LogP contribution in [0.4, 0.5) is 0 Å². The number of phenolic OH excluding ortho intramolecular Hbond substituents is 1. The molecule has 76 valence electrons. The van der Waals surface area contributed by atoms with E-state index in [1.807, 2.05) is 12.1 Å². The highest BCUT2D eigenvalue weighted by atomic mass is 16.3. The van der Waals surface area contributed by atoms with Gasteiger partial charge in [-0.2, -0.15) is 0 Å². The van der Waals surface area contributed by atoms with E-state index < -0.39 is 0 Å². The molecule has 0 unspecified atom stereocenters. The summed E-state index contributed by atoms with van der Waals surface area (Å²) < 4.78 is 2.12.